The molecule has 0 radical (unpaired) electrons. The van der Waals surface area contributed by atoms with Crippen LogP contribution < -0.4 is 0 Å². The van der Waals surface area contributed by atoms with E-state index in [4.69, 9.17) is 0 Å². The molecule has 60 valence electrons. The quantitative estimate of drug-likeness (QED) is 0.600. The van der Waals surface area contributed by atoms with E-state index in [0.717, 1.165) is 25.7 Å². The average molecular weight is 162 g/mol. The first-order valence-electron chi connectivity index (χ1n) is 3.90. The molecule has 0 aromatic rings. The summed E-state index contributed by atoms with van der Waals surface area (Å²) in [5.41, 5.74) is 0.112. The molecule has 10 heavy (non-hydrogen) atoms. The van der Waals surface area contributed by atoms with Gasteiger partial charge in [0.15, 0.2) is 0 Å². The highest BCUT2D eigenvalue weighted by atomic mass is 31.2. The van der Waals surface area contributed by atoms with Gasteiger partial charge in [-0.05, 0) is 12.8 Å². The molecular weight excluding hydrogens is 147 g/mol. The predicted octanol–water partition coefficient (Wildman–Crippen LogP) is 2.22. The van der Waals surface area contributed by atoms with Crippen molar-refractivity contribution in [2.45, 2.75) is 37.8 Å². The van der Waals surface area contributed by atoms with Crippen LogP contribution in [0.4, 0.5) is 0 Å². The Balaban J connectivity index is 2.47. The summed E-state index contributed by atoms with van der Waals surface area (Å²) < 4.78 is 11.1. The second-order valence-electron chi connectivity index (χ2n) is 3.24. The van der Waals surface area contributed by atoms with Crippen LogP contribution in [-0.2, 0) is 4.57 Å². The maximum atomic E-state index is 11.1. The summed E-state index contributed by atoms with van der Waals surface area (Å²) in [5, 5.41) is 0. The SMILES string of the molecule is CP(=O)(O)C1CCCCC1. The highest BCUT2D eigenvalue weighted by Gasteiger charge is 2.26. The van der Waals surface area contributed by atoms with Gasteiger partial charge in [-0.1, -0.05) is 19.3 Å². The zero-order chi connectivity index (χ0) is 7.61. The Morgan fingerprint density at radius 2 is 1.80 bits per heavy atom. The lowest BCUT2D eigenvalue weighted by molar-refractivity contribution is 0.427. The van der Waals surface area contributed by atoms with E-state index in [9.17, 15) is 9.46 Å². The van der Waals surface area contributed by atoms with Gasteiger partial charge in [0.1, 0.15) is 0 Å². The second kappa shape index (κ2) is 3.06. The maximum absolute atomic E-state index is 11.1. The molecule has 2 nitrogen and oxygen atoms in total. The summed E-state index contributed by atoms with van der Waals surface area (Å²) in [6.07, 6.45) is 5.46. The highest BCUT2D eigenvalue weighted by Crippen LogP contribution is 2.48. The molecule has 1 N–H and O–H groups in total. The van der Waals surface area contributed by atoms with Crippen molar-refractivity contribution in [2.75, 3.05) is 6.66 Å². The van der Waals surface area contributed by atoms with Crippen LogP contribution in [0.1, 0.15) is 32.1 Å². The molecule has 0 aromatic carbocycles. The minimum absolute atomic E-state index is 0.112. The molecule has 1 atom stereocenters. The fraction of sp³-hybridized carbons (Fsp3) is 1.00. The monoisotopic (exact) mass is 162 g/mol. The van der Waals surface area contributed by atoms with E-state index in [2.05, 4.69) is 0 Å². The Morgan fingerprint density at radius 3 is 2.10 bits per heavy atom. The Hall–Kier alpha value is 0.190. The van der Waals surface area contributed by atoms with E-state index >= 15 is 0 Å². The Bertz CT molecular complexity index is 144. The number of hydrogen-bond donors (Lipinski definition) is 1. The van der Waals surface area contributed by atoms with Gasteiger partial charge in [-0.3, -0.25) is 4.57 Å². The third-order valence-electron chi connectivity index (χ3n) is 2.25. The zero-order valence-corrected chi connectivity index (χ0v) is 7.31. The summed E-state index contributed by atoms with van der Waals surface area (Å²) in [6, 6.07) is 0. The molecule has 1 fully saturated rings. The highest BCUT2D eigenvalue weighted by molar-refractivity contribution is 7.57. The fourth-order valence-corrected chi connectivity index (χ4v) is 2.88. The second-order valence-corrected chi connectivity index (χ2v) is 5.85. The zero-order valence-electron chi connectivity index (χ0n) is 6.42. The first-order valence-corrected chi connectivity index (χ1v) is 6.08. The summed E-state index contributed by atoms with van der Waals surface area (Å²) >= 11 is 0. The van der Waals surface area contributed by atoms with Gasteiger partial charge in [0.05, 0.1) is 0 Å². The normalized spacial score (nSPS) is 27.8. The molecule has 1 saturated carbocycles. The van der Waals surface area contributed by atoms with Crippen molar-refractivity contribution >= 4 is 7.37 Å². The first kappa shape index (κ1) is 8.29. The summed E-state index contributed by atoms with van der Waals surface area (Å²) in [5.74, 6) is 0. The van der Waals surface area contributed by atoms with Crippen LogP contribution in [0.15, 0.2) is 0 Å². The molecule has 1 rings (SSSR count). The maximum Gasteiger partial charge on any atom is 0.200 e. The van der Waals surface area contributed by atoms with Crippen LogP contribution >= 0.6 is 7.37 Å². The van der Waals surface area contributed by atoms with Gasteiger partial charge in [-0.25, -0.2) is 0 Å². The summed E-state index contributed by atoms with van der Waals surface area (Å²) in [6.45, 7) is 1.49. The van der Waals surface area contributed by atoms with Gasteiger partial charge in [0, 0.05) is 12.3 Å². The largest absolute Gasteiger partial charge is 0.344 e. The van der Waals surface area contributed by atoms with Crippen LogP contribution in [0.25, 0.3) is 0 Å². The third kappa shape index (κ3) is 2.10. The van der Waals surface area contributed by atoms with Crippen LogP contribution in [0, 0.1) is 0 Å². The van der Waals surface area contributed by atoms with Crippen LogP contribution in [0.5, 0.6) is 0 Å². The van der Waals surface area contributed by atoms with Crippen molar-refractivity contribution in [1.29, 1.82) is 0 Å². The van der Waals surface area contributed by atoms with E-state index in [1.807, 2.05) is 0 Å². The molecule has 0 amide bonds. The van der Waals surface area contributed by atoms with Crippen LogP contribution in [-0.4, -0.2) is 17.2 Å². The molecule has 0 aromatic heterocycles. The van der Waals surface area contributed by atoms with Crippen molar-refractivity contribution in [3.8, 4) is 0 Å². The molecule has 1 aliphatic carbocycles. The fourth-order valence-electron chi connectivity index (χ4n) is 1.56. The van der Waals surface area contributed by atoms with Crippen molar-refractivity contribution in [3.63, 3.8) is 0 Å². The first-order chi connectivity index (χ1) is 4.61. The van der Waals surface area contributed by atoms with E-state index in [-0.39, 0.29) is 5.66 Å². The smallest absolute Gasteiger partial charge is 0.200 e. The van der Waals surface area contributed by atoms with Gasteiger partial charge in [0.25, 0.3) is 0 Å². The Kier molecular flexibility index (Phi) is 2.54. The van der Waals surface area contributed by atoms with Gasteiger partial charge in [-0.2, -0.15) is 0 Å². The number of hydrogen-bond acceptors (Lipinski definition) is 1. The van der Waals surface area contributed by atoms with Crippen LogP contribution in [0.3, 0.4) is 0 Å². The van der Waals surface area contributed by atoms with Crippen molar-refractivity contribution in [1.82, 2.24) is 0 Å². The molecule has 1 unspecified atom stereocenters. The minimum Gasteiger partial charge on any atom is -0.344 e. The van der Waals surface area contributed by atoms with Crippen molar-refractivity contribution in [2.24, 2.45) is 0 Å². The molecule has 0 heterocycles. The van der Waals surface area contributed by atoms with Gasteiger partial charge >= 0.3 is 0 Å². The molecule has 3 heteroatoms. The summed E-state index contributed by atoms with van der Waals surface area (Å²) in [4.78, 5) is 9.20. The van der Waals surface area contributed by atoms with E-state index < -0.39 is 7.37 Å². The lowest BCUT2D eigenvalue weighted by atomic mass is 10.0. The lowest BCUT2D eigenvalue weighted by Gasteiger charge is -2.23. The minimum atomic E-state index is -2.74. The lowest BCUT2D eigenvalue weighted by Crippen LogP contribution is -2.11. The number of rotatable bonds is 1. The van der Waals surface area contributed by atoms with E-state index in [1.165, 1.54) is 13.1 Å². The molecule has 1 aliphatic rings. The van der Waals surface area contributed by atoms with E-state index in [1.54, 1.807) is 0 Å². The molecule has 0 bridgehead atoms. The van der Waals surface area contributed by atoms with Crippen LogP contribution in [0.2, 0.25) is 0 Å². The molecule has 0 spiro atoms. The van der Waals surface area contributed by atoms with Gasteiger partial charge in [-0.15, -0.1) is 0 Å². The molecule has 0 aliphatic heterocycles. The predicted molar refractivity (Wildman–Crippen MR) is 42.6 cm³/mol. The van der Waals surface area contributed by atoms with Gasteiger partial charge in [0.2, 0.25) is 7.37 Å². The van der Waals surface area contributed by atoms with E-state index in [0.29, 0.717) is 0 Å². The topological polar surface area (TPSA) is 37.3 Å². The Morgan fingerprint density at radius 1 is 1.30 bits per heavy atom. The van der Waals surface area contributed by atoms with Gasteiger partial charge < -0.3 is 4.89 Å². The average Bonchev–Trinajstić information content (AvgIpc) is 1.88. The standard InChI is InChI=1S/C7H15O2P/c1-10(8,9)7-5-3-2-4-6-7/h7H,2-6H2,1H3,(H,8,9). The molecular formula is C7H15O2P. The Labute approximate surface area is 62.1 Å². The molecule has 0 saturated heterocycles. The van der Waals surface area contributed by atoms with Crippen molar-refractivity contribution in [3.05, 3.63) is 0 Å². The third-order valence-corrected chi connectivity index (χ3v) is 4.12. The van der Waals surface area contributed by atoms with Crippen molar-refractivity contribution < 1.29 is 9.46 Å². The summed E-state index contributed by atoms with van der Waals surface area (Å²) in [7, 11) is -2.74.